The van der Waals surface area contributed by atoms with E-state index in [-0.39, 0.29) is 12.0 Å². The number of piperazine rings is 1. The fourth-order valence-corrected chi connectivity index (χ4v) is 2.84. The molecule has 1 amide bonds. The van der Waals surface area contributed by atoms with Gasteiger partial charge in [-0.25, -0.2) is 0 Å². The van der Waals surface area contributed by atoms with Gasteiger partial charge in [-0.15, -0.1) is 0 Å². The topological polar surface area (TPSA) is 47.0 Å². The van der Waals surface area contributed by atoms with Gasteiger partial charge in [-0.05, 0) is 19.5 Å². The first-order valence-corrected chi connectivity index (χ1v) is 7.95. The lowest BCUT2D eigenvalue weighted by Crippen LogP contribution is -2.51. The molecule has 0 aliphatic carbocycles. The number of aliphatic hydroxyl groups is 1. The molecule has 2 rings (SSSR count). The third-order valence-corrected chi connectivity index (χ3v) is 3.95. The van der Waals surface area contributed by atoms with Crippen LogP contribution in [0.4, 0.5) is 0 Å². The minimum atomic E-state index is -0.306. The molecule has 22 heavy (non-hydrogen) atoms. The van der Waals surface area contributed by atoms with E-state index in [4.69, 9.17) is 0 Å². The molecule has 1 aliphatic rings. The smallest absolute Gasteiger partial charge is 0.236 e. The predicted molar refractivity (Wildman–Crippen MR) is 87.5 cm³/mol. The average molecular weight is 305 g/mol. The summed E-state index contributed by atoms with van der Waals surface area (Å²) in [5, 5.41) is 9.41. The van der Waals surface area contributed by atoms with Gasteiger partial charge in [-0.3, -0.25) is 14.6 Å². The maximum atomic E-state index is 12.3. The Morgan fingerprint density at radius 2 is 1.86 bits per heavy atom. The fraction of sp³-hybridized carbons (Fsp3) is 0.588. The minimum Gasteiger partial charge on any atom is -0.392 e. The highest BCUT2D eigenvalue weighted by atomic mass is 16.3. The molecule has 1 aliphatic heterocycles. The number of β-amino-alcohol motifs (C(OH)–C–C–N with tert-alkyl or cyclic N) is 1. The van der Waals surface area contributed by atoms with E-state index in [0.29, 0.717) is 13.1 Å². The molecule has 1 atom stereocenters. The summed E-state index contributed by atoms with van der Waals surface area (Å²) in [6.45, 7) is 6.93. The summed E-state index contributed by atoms with van der Waals surface area (Å²) >= 11 is 0. The van der Waals surface area contributed by atoms with Crippen molar-refractivity contribution >= 4 is 5.91 Å². The maximum absolute atomic E-state index is 12.3. The fourth-order valence-electron chi connectivity index (χ4n) is 2.84. The van der Waals surface area contributed by atoms with Crippen LogP contribution in [-0.2, 0) is 11.3 Å². The first-order valence-electron chi connectivity index (χ1n) is 7.95. The van der Waals surface area contributed by atoms with Gasteiger partial charge in [-0.2, -0.15) is 0 Å². The molecule has 0 unspecified atom stereocenters. The van der Waals surface area contributed by atoms with E-state index in [1.54, 1.807) is 6.92 Å². The summed E-state index contributed by atoms with van der Waals surface area (Å²) in [5.41, 5.74) is 1.22. The number of likely N-dealkylation sites (N-methyl/N-ethyl adjacent to an activating group) is 1. The zero-order valence-corrected chi connectivity index (χ0v) is 13.6. The van der Waals surface area contributed by atoms with Gasteiger partial charge >= 0.3 is 0 Å². The molecule has 1 heterocycles. The van der Waals surface area contributed by atoms with Crippen molar-refractivity contribution in [3.8, 4) is 0 Å². The number of hydrogen-bond acceptors (Lipinski definition) is 4. The Kier molecular flexibility index (Phi) is 6.36. The summed E-state index contributed by atoms with van der Waals surface area (Å²) in [4.78, 5) is 18.5. The molecule has 0 saturated carbocycles. The Hall–Kier alpha value is -1.43. The molecular weight excluding hydrogens is 278 g/mol. The lowest BCUT2D eigenvalue weighted by Gasteiger charge is -2.36. The van der Waals surface area contributed by atoms with Crippen LogP contribution in [0.5, 0.6) is 0 Å². The highest BCUT2D eigenvalue weighted by Crippen LogP contribution is 2.06. The lowest BCUT2D eigenvalue weighted by molar-refractivity contribution is -0.134. The van der Waals surface area contributed by atoms with Crippen LogP contribution in [0.3, 0.4) is 0 Å². The van der Waals surface area contributed by atoms with Crippen molar-refractivity contribution < 1.29 is 9.90 Å². The zero-order chi connectivity index (χ0) is 15.9. The molecule has 1 aromatic rings. The summed E-state index contributed by atoms with van der Waals surface area (Å²) in [6.07, 6.45) is -0.306. The molecule has 1 aromatic carbocycles. The quantitative estimate of drug-likeness (QED) is 0.838. The number of rotatable bonds is 6. The van der Waals surface area contributed by atoms with Crippen LogP contribution < -0.4 is 0 Å². The monoisotopic (exact) mass is 305 g/mol. The second kappa shape index (κ2) is 8.27. The Morgan fingerprint density at radius 1 is 1.23 bits per heavy atom. The molecule has 0 bridgehead atoms. The number of aliphatic hydroxyl groups excluding tert-OH is 1. The molecule has 5 nitrogen and oxygen atoms in total. The number of nitrogens with zero attached hydrogens (tertiary/aromatic N) is 3. The molecule has 1 fully saturated rings. The maximum Gasteiger partial charge on any atom is 0.236 e. The minimum absolute atomic E-state index is 0.190. The first-order chi connectivity index (χ1) is 10.5. The highest BCUT2D eigenvalue weighted by Gasteiger charge is 2.22. The zero-order valence-electron chi connectivity index (χ0n) is 13.6. The van der Waals surface area contributed by atoms with Gasteiger partial charge < -0.3 is 10.0 Å². The third kappa shape index (κ3) is 5.40. The molecular formula is C17H27N3O2. The van der Waals surface area contributed by atoms with E-state index in [1.165, 1.54) is 5.56 Å². The van der Waals surface area contributed by atoms with Gasteiger partial charge in [0.15, 0.2) is 0 Å². The largest absolute Gasteiger partial charge is 0.392 e. The van der Waals surface area contributed by atoms with Crippen LogP contribution in [0, 0.1) is 0 Å². The molecule has 122 valence electrons. The second-order valence-electron chi connectivity index (χ2n) is 6.19. The van der Waals surface area contributed by atoms with Crippen molar-refractivity contribution in [1.29, 1.82) is 0 Å². The normalized spacial score (nSPS) is 17.7. The summed E-state index contributed by atoms with van der Waals surface area (Å²) < 4.78 is 0. The van der Waals surface area contributed by atoms with E-state index in [1.807, 2.05) is 30.1 Å². The Balaban J connectivity index is 1.73. The van der Waals surface area contributed by atoms with Crippen molar-refractivity contribution in [3.05, 3.63) is 35.9 Å². The summed E-state index contributed by atoms with van der Waals surface area (Å²) in [6, 6.07) is 10.2. The van der Waals surface area contributed by atoms with E-state index in [0.717, 1.165) is 32.7 Å². The Bertz CT molecular complexity index is 456. The van der Waals surface area contributed by atoms with Crippen molar-refractivity contribution in [3.63, 3.8) is 0 Å². The standard InChI is InChI=1S/C17H27N3O2/c1-15(21)12-19-8-10-20(11-9-19)17(22)14-18(2)13-16-6-4-3-5-7-16/h3-7,15,21H,8-14H2,1-2H3/t15-/m0/s1. The van der Waals surface area contributed by atoms with E-state index in [9.17, 15) is 9.90 Å². The van der Waals surface area contributed by atoms with Crippen LogP contribution in [0.15, 0.2) is 30.3 Å². The SMILES string of the molecule is C[C@H](O)CN1CCN(C(=O)CN(C)Cc2ccccc2)CC1. The van der Waals surface area contributed by atoms with Crippen molar-refractivity contribution in [1.82, 2.24) is 14.7 Å². The van der Waals surface area contributed by atoms with Crippen molar-refractivity contribution in [2.75, 3.05) is 46.3 Å². The van der Waals surface area contributed by atoms with Gasteiger partial charge in [0.1, 0.15) is 0 Å². The number of carbonyl (C=O) groups is 1. The third-order valence-electron chi connectivity index (χ3n) is 3.95. The number of benzene rings is 1. The lowest BCUT2D eigenvalue weighted by atomic mass is 10.2. The second-order valence-corrected chi connectivity index (χ2v) is 6.19. The van der Waals surface area contributed by atoms with Gasteiger partial charge in [-0.1, -0.05) is 30.3 Å². The number of carbonyl (C=O) groups excluding carboxylic acids is 1. The molecule has 1 N–H and O–H groups in total. The predicted octanol–water partition coefficient (Wildman–Crippen LogP) is 0.643. The molecule has 1 saturated heterocycles. The average Bonchev–Trinajstić information content (AvgIpc) is 2.48. The molecule has 0 spiro atoms. The number of hydrogen-bond donors (Lipinski definition) is 1. The van der Waals surface area contributed by atoms with Crippen LogP contribution in [0.2, 0.25) is 0 Å². The van der Waals surface area contributed by atoms with Gasteiger partial charge in [0, 0.05) is 39.3 Å². The van der Waals surface area contributed by atoms with Gasteiger partial charge in [0.25, 0.3) is 0 Å². The Labute approximate surface area is 133 Å². The summed E-state index contributed by atoms with van der Waals surface area (Å²) in [7, 11) is 1.98. The van der Waals surface area contributed by atoms with E-state index >= 15 is 0 Å². The van der Waals surface area contributed by atoms with Crippen molar-refractivity contribution in [2.24, 2.45) is 0 Å². The van der Waals surface area contributed by atoms with Crippen molar-refractivity contribution in [2.45, 2.75) is 19.6 Å². The highest BCUT2D eigenvalue weighted by molar-refractivity contribution is 5.78. The van der Waals surface area contributed by atoms with E-state index < -0.39 is 0 Å². The van der Waals surface area contributed by atoms with E-state index in [2.05, 4.69) is 21.9 Å². The van der Waals surface area contributed by atoms with Crippen LogP contribution in [0.25, 0.3) is 0 Å². The molecule has 5 heteroatoms. The van der Waals surface area contributed by atoms with Crippen LogP contribution >= 0.6 is 0 Å². The molecule has 0 radical (unpaired) electrons. The van der Waals surface area contributed by atoms with Crippen LogP contribution in [0.1, 0.15) is 12.5 Å². The van der Waals surface area contributed by atoms with Gasteiger partial charge in [0.05, 0.1) is 12.6 Å². The van der Waals surface area contributed by atoms with Crippen LogP contribution in [-0.4, -0.2) is 78.1 Å². The first kappa shape index (κ1) is 16.9. The Morgan fingerprint density at radius 3 is 2.45 bits per heavy atom. The van der Waals surface area contributed by atoms with Gasteiger partial charge in [0.2, 0.25) is 5.91 Å². The number of amides is 1. The molecule has 0 aromatic heterocycles. The summed E-state index contributed by atoms with van der Waals surface area (Å²) in [5.74, 6) is 0.190.